The van der Waals surface area contributed by atoms with E-state index in [4.69, 9.17) is 0 Å². The number of halogens is 3. The molecule has 3 rings (SSSR count). The number of nitrogens with zero attached hydrogens (tertiary/aromatic N) is 2. The number of hydrogen-bond donors (Lipinski definition) is 1. The molecule has 11 heteroatoms. The number of hydrogen-bond acceptors (Lipinski definition) is 4. The first-order valence-electron chi connectivity index (χ1n) is 13.1. The Balaban J connectivity index is 1.72. The van der Waals surface area contributed by atoms with Crippen molar-refractivity contribution in [2.24, 2.45) is 0 Å². The van der Waals surface area contributed by atoms with E-state index in [1.807, 2.05) is 30.3 Å². The van der Waals surface area contributed by atoms with Crippen molar-refractivity contribution in [3.8, 4) is 0 Å². The van der Waals surface area contributed by atoms with Crippen molar-refractivity contribution >= 4 is 27.5 Å². The SMILES string of the molecule is C[C@H](C(=O)NC1CCCCC1)N(Cc1ccccc1)C(=O)CCCN(c1cccc(C(F)(F)F)c1)S(C)(=O)=O. The van der Waals surface area contributed by atoms with Gasteiger partial charge in [0.2, 0.25) is 21.8 Å². The van der Waals surface area contributed by atoms with E-state index in [9.17, 15) is 31.2 Å². The van der Waals surface area contributed by atoms with Crippen LogP contribution in [-0.4, -0.2) is 50.0 Å². The maximum Gasteiger partial charge on any atom is 0.416 e. The summed E-state index contributed by atoms with van der Waals surface area (Å²) < 4.78 is 65.3. The standard InChI is InChI=1S/C28H36F3N3O4S/c1-21(27(36)32-24-14-7-4-8-15-24)33(20-22-11-5-3-6-12-22)26(35)17-10-18-34(39(2,37)38)25-16-9-13-23(19-25)28(29,30)31/h3,5-6,9,11-13,16,19,21,24H,4,7-8,10,14-15,17-18,20H2,1-2H3,(H,32,36)/t21-/m1/s1. The number of sulfonamides is 1. The highest BCUT2D eigenvalue weighted by molar-refractivity contribution is 7.92. The molecule has 7 nitrogen and oxygen atoms in total. The minimum absolute atomic E-state index is 0.0599. The molecule has 1 saturated carbocycles. The lowest BCUT2D eigenvalue weighted by Gasteiger charge is -2.31. The predicted octanol–water partition coefficient (Wildman–Crippen LogP) is 5.12. The van der Waals surface area contributed by atoms with Gasteiger partial charge in [0.25, 0.3) is 0 Å². The molecule has 1 atom stereocenters. The Hall–Kier alpha value is -3.08. The molecule has 0 aliphatic heterocycles. The second-order valence-corrected chi connectivity index (χ2v) is 11.9. The predicted molar refractivity (Wildman–Crippen MR) is 144 cm³/mol. The molecular weight excluding hydrogens is 531 g/mol. The Morgan fingerprint density at radius 3 is 2.31 bits per heavy atom. The smallest absolute Gasteiger partial charge is 0.352 e. The molecule has 0 spiro atoms. The van der Waals surface area contributed by atoms with Gasteiger partial charge in [-0.15, -0.1) is 0 Å². The summed E-state index contributed by atoms with van der Waals surface area (Å²) in [6.07, 6.45) is 1.32. The lowest BCUT2D eigenvalue weighted by atomic mass is 9.95. The summed E-state index contributed by atoms with van der Waals surface area (Å²) in [4.78, 5) is 27.9. The first-order chi connectivity index (χ1) is 18.4. The third kappa shape index (κ3) is 8.98. The van der Waals surface area contributed by atoms with Crippen LogP contribution >= 0.6 is 0 Å². The third-order valence-electron chi connectivity index (χ3n) is 6.93. The molecule has 2 amide bonds. The van der Waals surface area contributed by atoms with Crippen LogP contribution in [0.2, 0.25) is 0 Å². The number of amides is 2. The van der Waals surface area contributed by atoms with Gasteiger partial charge in [0.05, 0.1) is 17.5 Å². The van der Waals surface area contributed by atoms with Crippen LogP contribution in [0.25, 0.3) is 0 Å². The normalized spacial score (nSPS) is 15.4. The van der Waals surface area contributed by atoms with Crippen LogP contribution in [0.4, 0.5) is 18.9 Å². The highest BCUT2D eigenvalue weighted by atomic mass is 32.2. The van der Waals surface area contributed by atoms with Crippen molar-refractivity contribution in [1.82, 2.24) is 10.2 Å². The van der Waals surface area contributed by atoms with E-state index in [0.717, 1.165) is 66.4 Å². The van der Waals surface area contributed by atoms with E-state index in [-0.39, 0.29) is 49.5 Å². The number of alkyl halides is 3. The Morgan fingerprint density at radius 1 is 1.03 bits per heavy atom. The monoisotopic (exact) mass is 567 g/mol. The van der Waals surface area contributed by atoms with Crippen molar-refractivity contribution < 1.29 is 31.2 Å². The molecule has 1 aliphatic carbocycles. The van der Waals surface area contributed by atoms with Crippen molar-refractivity contribution in [1.29, 1.82) is 0 Å². The maximum atomic E-state index is 13.4. The van der Waals surface area contributed by atoms with Gasteiger partial charge in [-0.1, -0.05) is 55.7 Å². The molecule has 2 aromatic rings. The summed E-state index contributed by atoms with van der Waals surface area (Å²) in [6, 6.07) is 12.6. The molecule has 214 valence electrons. The van der Waals surface area contributed by atoms with Gasteiger partial charge in [0.1, 0.15) is 6.04 Å². The molecule has 1 aliphatic rings. The zero-order chi connectivity index (χ0) is 28.6. The molecule has 2 aromatic carbocycles. The van der Waals surface area contributed by atoms with E-state index >= 15 is 0 Å². The van der Waals surface area contributed by atoms with Crippen LogP contribution in [0.1, 0.15) is 63.0 Å². The topological polar surface area (TPSA) is 86.8 Å². The summed E-state index contributed by atoms with van der Waals surface area (Å²) >= 11 is 0. The fourth-order valence-electron chi connectivity index (χ4n) is 4.77. The Kier molecular flexibility index (Phi) is 10.4. The minimum atomic E-state index is -4.62. The molecule has 0 unspecified atom stereocenters. The Morgan fingerprint density at radius 2 is 1.69 bits per heavy atom. The van der Waals surface area contributed by atoms with Crippen molar-refractivity contribution in [2.45, 2.75) is 76.7 Å². The molecule has 0 radical (unpaired) electrons. The molecule has 39 heavy (non-hydrogen) atoms. The van der Waals surface area contributed by atoms with Crippen LogP contribution in [0.3, 0.4) is 0 Å². The summed E-state index contributed by atoms with van der Waals surface area (Å²) in [5.74, 6) is -0.587. The molecular formula is C28H36F3N3O4S. The van der Waals surface area contributed by atoms with E-state index < -0.39 is 27.8 Å². The second kappa shape index (κ2) is 13.3. The average molecular weight is 568 g/mol. The first-order valence-corrected chi connectivity index (χ1v) is 15.0. The van der Waals surface area contributed by atoms with Gasteiger partial charge < -0.3 is 10.2 Å². The van der Waals surface area contributed by atoms with Gasteiger partial charge in [-0.25, -0.2) is 8.42 Å². The van der Waals surface area contributed by atoms with Gasteiger partial charge in [0.15, 0.2) is 0 Å². The molecule has 1 fully saturated rings. The highest BCUT2D eigenvalue weighted by Crippen LogP contribution is 2.32. The average Bonchev–Trinajstić information content (AvgIpc) is 2.89. The van der Waals surface area contributed by atoms with Crippen LogP contribution in [0.5, 0.6) is 0 Å². The van der Waals surface area contributed by atoms with Gasteiger partial charge >= 0.3 is 6.18 Å². The summed E-state index contributed by atoms with van der Waals surface area (Å²) in [6.45, 7) is 1.68. The molecule has 0 aromatic heterocycles. The number of benzene rings is 2. The molecule has 1 N–H and O–H groups in total. The zero-order valence-electron chi connectivity index (χ0n) is 22.3. The zero-order valence-corrected chi connectivity index (χ0v) is 23.1. The van der Waals surface area contributed by atoms with Crippen LogP contribution in [-0.2, 0) is 32.3 Å². The number of carbonyl (C=O) groups is 2. The van der Waals surface area contributed by atoms with Gasteiger partial charge in [-0.3, -0.25) is 13.9 Å². The van der Waals surface area contributed by atoms with Gasteiger partial charge in [-0.05, 0) is 49.9 Å². The van der Waals surface area contributed by atoms with Crippen molar-refractivity contribution in [3.63, 3.8) is 0 Å². The van der Waals surface area contributed by atoms with Crippen molar-refractivity contribution in [2.75, 3.05) is 17.1 Å². The van der Waals surface area contributed by atoms with E-state index in [0.29, 0.717) is 0 Å². The molecule has 0 heterocycles. The van der Waals surface area contributed by atoms with Crippen LogP contribution in [0.15, 0.2) is 54.6 Å². The highest BCUT2D eigenvalue weighted by Gasteiger charge is 2.32. The Bertz CT molecular complexity index is 1220. The summed E-state index contributed by atoms with van der Waals surface area (Å²) in [5, 5.41) is 3.06. The maximum absolute atomic E-state index is 13.4. The summed E-state index contributed by atoms with van der Waals surface area (Å²) in [7, 11) is -3.92. The van der Waals surface area contributed by atoms with E-state index in [1.54, 1.807) is 6.92 Å². The first kappa shape index (κ1) is 30.5. The number of anilines is 1. The second-order valence-electron chi connectivity index (χ2n) is 10.0. The van der Waals surface area contributed by atoms with E-state index in [2.05, 4.69) is 5.32 Å². The van der Waals surface area contributed by atoms with Crippen molar-refractivity contribution in [3.05, 3.63) is 65.7 Å². The quantitative estimate of drug-likeness (QED) is 0.409. The molecule has 0 bridgehead atoms. The van der Waals surface area contributed by atoms with Crippen LogP contribution < -0.4 is 9.62 Å². The van der Waals surface area contributed by atoms with Gasteiger partial charge in [0, 0.05) is 25.6 Å². The lowest BCUT2D eigenvalue weighted by molar-refractivity contribution is -0.141. The number of carbonyl (C=O) groups excluding carboxylic acids is 2. The Labute approximate surface area is 228 Å². The largest absolute Gasteiger partial charge is 0.416 e. The lowest BCUT2D eigenvalue weighted by Crippen LogP contribution is -2.50. The third-order valence-corrected chi connectivity index (χ3v) is 8.12. The number of rotatable bonds is 11. The number of nitrogens with one attached hydrogen (secondary N) is 1. The molecule has 0 saturated heterocycles. The van der Waals surface area contributed by atoms with Crippen LogP contribution in [0, 0.1) is 0 Å². The van der Waals surface area contributed by atoms with E-state index in [1.165, 1.54) is 11.0 Å². The fraction of sp³-hybridized carbons (Fsp3) is 0.500. The fourth-order valence-corrected chi connectivity index (χ4v) is 5.73. The summed E-state index contributed by atoms with van der Waals surface area (Å²) in [5.41, 5.74) is -0.248. The minimum Gasteiger partial charge on any atom is -0.352 e. The van der Waals surface area contributed by atoms with Gasteiger partial charge in [-0.2, -0.15) is 13.2 Å².